The fourth-order valence-electron chi connectivity index (χ4n) is 2.89. The molecule has 2 aromatic carbocycles. The zero-order valence-electron chi connectivity index (χ0n) is 14.6. The number of Topliss-reactive ketones (excluding diaryl/α,β-unsaturated/α-hetero) is 1. The Balaban J connectivity index is 1.85. The standard InChI is InChI=1S/C22H22NO2/c1-22(25-2,21(24)19-9-5-3-6-10-19)20-13-11-18(12-14-20)17-23-15-7-4-8-16-23/h3-16H,17H2,1-2H3/q+1. The van der Waals surface area contributed by atoms with Crippen molar-refractivity contribution in [1.82, 2.24) is 0 Å². The highest BCUT2D eigenvalue weighted by molar-refractivity contribution is 6.02. The molecule has 0 saturated carbocycles. The maximum absolute atomic E-state index is 12.9. The third kappa shape index (κ3) is 3.67. The SMILES string of the molecule is COC(C)(C(=O)c1ccccc1)c1ccc(C[n+]2ccccc2)cc1. The fraction of sp³-hybridized carbons (Fsp3) is 0.182. The van der Waals surface area contributed by atoms with Gasteiger partial charge in [0.15, 0.2) is 30.3 Å². The van der Waals surface area contributed by atoms with Gasteiger partial charge < -0.3 is 4.74 Å². The van der Waals surface area contributed by atoms with Crippen molar-refractivity contribution in [2.24, 2.45) is 0 Å². The molecule has 0 bridgehead atoms. The van der Waals surface area contributed by atoms with Gasteiger partial charge in [-0.3, -0.25) is 4.79 Å². The summed E-state index contributed by atoms with van der Waals surface area (Å²) in [6.45, 7) is 2.61. The molecule has 3 nitrogen and oxygen atoms in total. The third-order valence-corrected chi connectivity index (χ3v) is 4.52. The van der Waals surface area contributed by atoms with Crippen LogP contribution in [-0.4, -0.2) is 12.9 Å². The second-order valence-electron chi connectivity index (χ2n) is 6.18. The normalized spacial score (nSPS) is 13.2. The monoisotopic (exact) mass is 332 g/mol. The van der Waals surface area contributed by atoms with E-state index in [1.807, 2.05) is 92.1 Å². The zero-order valence-corrected chi connectivity index (χ0v) is 14.6. The van der Waals surface area contributed by atoms with Crippen LogP contribution in [-0.2, 0) is 16.9 Å². The average molecular weight is 332 g/mol. The molecule has 3 rings (SSSR count). The van der Waals surface area contributed by atoms with Crippen LogP contribution in [0, 0.1) is 0 Å². The number of aromatic nitrogens is 1. The molecule has 0 aliphatic carbocycles. The molecular formula is C22H22NO2+. The van der Waals surface area contributed by atoms with Gasteiger partial charge in [0.25, 0.3) is 0 Å². The number of carbonyl (C=O) groups is 1. The summed E-state index contributed by atoms with van der Waals surface area (Å²) < 4.78 is 7.75. The average Bonchev–Trinajstić information content (AvgIpc) is 2.69. The van der Waals surface area contributed by atoms with Crippen molar-refractivity contribution in [1.29, 1.82) is 0 Å². The molecule has 0 fully saturated rings. The van der Waals surface area contributed by atoms with Crippen LogP contribution in [0.2, 0.25) is 0 Å². The second-order valence-corrected chi connectivity index (χ2v) is 6.18. The summed E-state index contributed by atoms with van der Waals surface area (Å²) in [4.78, 5) is 12.9. The van der Waals surface area contributed by atoms with Gasteiger partial charge in [-0.25, -0.2) is 4.57 Å². The predicted octanol–water partition coefficient (Wildman–Crippen LogP) is 3.77. The molecule has 3 heteroatoms. The van der Waals surface area contributed by atoms with Gasteiger partial charge >= 0.3 is 0 Å². The minimum absolute atomic E-state index is 0.0409. The van der Waals surface area contributed by atoms with E-state index in [0.29, 0.717) is 5.56 Å². The van der Waals surface area contributed by atoms with Gasteiger partial charge in [-0.2, -0.15) is 0 Å². The minimum Gasteiger partial charge on any atom is -0.366 e. The molecule has 1 aromatic heterocycles. The van der Waals surface area contributed by atoms with E-state index in [1.54, 1.807) is 7.11 Å². The van der Waals surface area contributed by atoms with Crippen LogP contribution in [0.25, 0.3) is 0 Å². The van der Waals surface area contributed by atoms with Crippen LogP contribution in [0.1, 0.15) is 28.4 Å². The Morgan fingerprint density at radius 2 is 1.52 bits per heavy atom. The highest BCUT2D eigenvalue weighted by atomic mass is 16.5. The molecule has 0 radical (unpaired) electrons. The molecule has 0 amide bonds. The van der Waals surface area contributed by atoms with E-state index in [1.165, 1.54) is 5.56 Å². The molecule has 0 spiro atoms. The van der Waals surface area contributed by atoms with Gasteiger partial charge in [0.2, 0.25) is 0 Å². The lowest BCUT2D eigenvalue weighted by Crippen LogP contribution is -2.35. The molecule has 1 atom stereocenters. The van der Waals surface area contributed by atoms with Crippen molar-refractivity contribution in [3.05, 3.63) is 102 Å². The number of ketones is 1. The molecule has 0 N–H and O–H groups in total. The smallest absolute Gasteiger partial charge is 0.198 e. The molecule has 3 aromatic rings. The van der Waals surface area contributed by atoms with E-state index in [0.717, 1.165) is 12.1 Å². The summed E-state index contributed by atoms with van der Waals surface area (Å²) in [6.07, 6.45) is 4.07. The number of ether oxygens (including phenoxy) is 1. The van der Waals surface area contributed by atoms with Crippen LogP contribution in [0.4, 0.5) is 0 Å². The molecule has 0 aliphatic rings. The summed E-state index contributed by atoms with van der Waals surface area (Å²) in [6, 6.07) is 23.3. The van der Waals surface area contributed by atoms with Crippen LogP contribution < -0.4 is 4.57 Å². The first kappa shape index (κ1) is 17.1. The molecular weight excluding hydrogens is 310 g/mol. The maximum Gasteiger partial charge on any atom is 0.198 e. The quantitative estimate of drug-likeness (QED) is 0.508. The van der Waals surface area contributed by atoms with E-state index in [2.05, 4.69) is 4.57 Å². The lowest BCUT2D eigenvalue weighted by Gasteiger charge is -2.27. The summed E-state index contributed by atoms with van der Waals surface area (Å²) in [5, 5.41) is 0. The molecule has 25 heavy (non-hydrogen) atoms. The Morgan fingerprint density at radius 3 is 2.12 bits per heavy atom. The Hall–Kier alpha value is -2.78. The number of nitrogens with zero attached hydrogens (tertiary/aromatic N) is 1. The number of hydrogen-bond acceptors (Lipinski definition) is 2. The Labute approximate surface area is 148 Å². The topological polar surface area (TPSA) is 30.2 Å². The van der Waals surface area contributed by atoms with E-state index in [9.17, 15) is 4.79 Å². The number of hydrogen-bond donors (Lipinski definition) is 0. The van der Waals surface area contributed by atoms with Gasteiger partial charge in [0.05, 0.1) is 0 Å². The summed E-state index contributed by atoms with van der Waals surface area (Å²) in [5.74, 6) is -0.0409. The fourth-order valence-corrected chi connectivity index (χ4v) is 2.89. The van der Waals surface area contributed by atoms with Crippen molar-refractivity contribution < 1.29 is 14.1 Å². The zero-order chi connectivity index (χ0) is 17.7. The summed E-state index contributed by atoms with van der Waals surface area (Å²) in [7, 11) is 1.58. The van der Waals surface area contributed by atoms with Crippen molar-refractivity contribution in [3.8, 4) is 0 Å². The molecule has 1 heterocycles. The van der Waals surface area contributed by atoms with Gasteiger partial charge in [-0.1, -0.05) is 60.7 Å². The third-order valence-electron chi connectivity index (χ3n) is 4.52. The van der Waals surface area contributed by atoms with Gasteiger partial charge in [0.1, 0.15) is 0 Å². The van der Waals surface area contributed by atoms with Crippen molar-refractivity contribution in [2.75, 3.05) is 7.11 Å². The van der Waals surface area contributed by atoms with Crippen LogP contribution >= 0.6 is 0 Å². The minimum atomic E-state index is -1.00. The second kappa shape index (κ2) is 7.41. The van der Waals surface area contributed by atoms with Crippen molar-refractivity contribution in [2.45, 2.75) is 19.1 Å². The molecule has 0 aliphatic heterocycles. The van der Waals surface area contributed by atoms with Crippen molar-refractivity contribution in [3.63, 3.8) is 0 Å². The van der Waals surface area contributed by atoms with E-state index in [-0.39, 0.29) is 5.78 Å². The Morgan fingerprint density at radius 1 is 0.920 bits per heavy atom. The first-order valence-corrected chi connectivity index (χ1v) is 8.32. The van der Waals surface area contributed by atoms with E-state index >= 15 is 0 Å². The van der Waals surface area contributed by atoms with E-state index in [4.69, 9.17) is 4.74 Å². The largest absolute Gasteiger partial charge is 0.366 e. The highest BCUT2D eigenvalue weighted by Crippen LogP contribution is 2.29. The molecule has 126 valence electrons. The summed E-state index contributed by atoms with van der Waals surface area (Å²) in [5.41, 5.74) is 1.67. The molecule has 1 unspecified atom stereocenters. The Bertz CT molecular complexity index is 829. The molecule has 0 saturated heterocycles. The van der Waals surface area contributed by atoms with E-state index < -0.39 is 5.60 Å². The number of methoxy groups -OCH3 is 1. The number of benzene rings is 2. The summed E-state index contributed by atoms with van der Waals surface area (Å²) >= 11 is 0. The van der Waals surface area contributed by atoms with Crippen LogP contribution in [0.5, 0.6) is 0 Å². The van der Waals surface area contributed by atoms with Gasteiger partial charge in [-0.15, -0.1) is 0 Å². The number of rotatable bonds is 6. The first-order chi connectivity index (χ1) is 12.1. The number of pyridine rings is 1. The van der Waals surface area contributed by atoms with Gasteiger partial charge in [0, 0.05) is 30.4 Å². The predicted molar refractivity (Wildman–Crippen MR) is 97.3 cm³/mol. The maximum atomic E-state index is 12.9. The lowest BCUT2D eigenvalue weighted by molar-refractivity contribution is -0.688. The highest BCUT2D eigenvalue weighted by Gasteiger charge is 2.35. The Kier molecular flexibility index (Phi) is 5.05. The lowest BCUT2D eigenvalue weighted by atomic mass is 9.87. The van der Waals surface area contributed by atoms with Crippen LogP contribution in [0.15, 0.2) is 85.2 Å². The first-order valence-electron chi connectivity index (χ1n) is 8.32. The van der Waals surface area contributed by atoms with Crippen molar-refractivity contribution >= 4 is 5.78 Å². The number of carbonyl (C=O) groups excluding carboxylic acids is 1. The van der Waals surface area contributed by atoms with Crippen LogP contribution in [0.3, 0.4) is 0 Å². The van der Waals surface area contributed by atoms with Gasteiger partial charge in [-0.05, 0) is 12.5 Å².